The first-order valence-corrected chi connectivity index (χ1v) is 3.03. The highest BCUT2D eigenvalue weighted by atomic mass is 127. The lowest BCUT2D eigenvalue weighted by atomic mass is 10.4. The summed E-state index contributed by atoms with van der Waals surface area (Å²) in [5.41, 5.74) is 0. The highest BCUT2D eigenvalue weighted by molar-refractivity contribution is 14.1. The zero-order chi connectivity index (χ0) is 6.78. The van der Waals surface area contributed by atoms with E-state index in [4.69, 9.17) is 5.11 Å². The van der Waals surface area contributed by atoms with Gasteiger partial charge in [-0.25, -0.2) is 0 Å². The van der Waals surface area contributed by atoms with Crippen molar-refractivity contribution in [2.75, 3.05) is 6.61 Å². The van der Waals surface area contributed by atoms with E-state index in [1.54, 1.807) is 22.6 Å². The summed E-state index contributed by atoms with van der Waals surface area (Å²) in [6.45, 7) is 0.925. The Balaban J connectivity index is 3.91. The van der Waals surface area contributed by atoms with E-state index >= 15 is 0 Å². The lowest BCUT2D eigenvalue weighted by Crippen LogP contribution is -2.30. The average molecular weight is 231 g/mol. The van der Waals surface area contributed by atoms with E-state index < -0.39 is 15.1 Å². The van der Waals surface area contributed by atoms with Gasteiger partial charge in [-0.3, -0.25) is 10.1 Å². The molecule has 0 bridgehead atoms. The van der Waals surface area contributed by atoms with Gasteiger partial charge in [0, 0.05) is 34.4 Å². The topological polar surface area (TPSA) is 63.4 Å². The van der Waals surface area contributed by atoms with Crippen LogP contribution < -0.4 is 0 Å². The summed E-state index contributed by atoms with van der Waals surface area (Å²) in [7, 11) is 0. The fraction of sp³-hybridized carbons (Fsp3) is 1.00. The van der Waals surface area contributed by atoms with E-state index in [2.05, 4.69) is 0 Å². The Morgan fingerprint density at radius 3 is 2.38 bits per heavy atom. The van der Waals surface area contributed by atoms with Crippen molar-refractivity contribution in [3.63, 3.8) is 0 Å². The van der Waals surface area contributed by atoms with E-state index in [0.717, 1.165) is 0 Å². The van der Waals surface area contributed by atoms with Gasteiger partial charge in [-0.05, 0) is 0 Å². The predicted octanol–water partition coefficient (Wildman–Crippen LogP) is 0.407. The van der Waals surface area contributed by atoms with Gasteiger partial charge in [0.1, 0.15) is 6.61 Å². The normalized spacial score (nSPS) is 17.4. The van der Waals surface area contributed by atoms with Crippen molar-refractivity contribution in [1.82, 2.24) is 0 Å². The monoisotopic (exact) mass is 231 g/mol. The summed E-state index contributed by atoms with van der Waals surface area (Å²) in [5.74, 6) is 0. The number of aliphatic hydroxyl groups excluding tert-OH is 1. The van der Waals surface area contributed by atoms with Crippen molar-refractivity contribution in [3.05, 3.63) is 10.1 Å². The molecule has 0 aromatic carbocycles. The van der Waals surface area contributed by atoms with Crippen molar-refractivity contribution in [3.8, 4) is 0 Å². The van der Waals surface area contributed by atoms with Gasteiger partial charge in [-0.2, -0.15) is 0 Å². The predicted molar refractivity (Wildman–Crippen MR) is 36.5 cm³/mol. The standard InChI is InChI=1S/C3H6INO3/c1-3(4,2-6)5(7)8/h6H,2H2,1H3. The molecule has 0 radical (unpaired) electrons. The Morgan fingerprint density at radius 1 is 2.00 bits per heavy atom. The molecular formula is C3H6INO3. The lowest BCUT2D eigenvalue weighted by molar-refractivity contribution is -0.529. The SMILES string of the molecule is CC(I)(CO)[N+](=O)[O-]. The average Bonchev–Trinajstić information content (AvgIpc) is 1.67. The molecule has 48 valence electrons. The molecule has 0 aliphatic rings. The number of alkyl halides is 1. The first-order chi connectivity index (χ1) is 3.50. The molecule has 5 heteroatoms. The Bertz CT molecular complexity index is 103. The number of halogens is 1. The molecule has 8 heavy (non-hydrogen) atoms. The quantitative estimate of drug-likeness (QED) is 0.246. The second kappa shape index (κ2) is 2.58. The first kappa shape index (κ1) is 8.09. The molecule has 0 fully saturated rings. The van der Waals surface area contributed by atoms with Crippen LogP contribution in [-0.4, -0.2) is 20.2 Å². The number of nitro groups is 1. The number of hydrogen-bond acceptors (Lipinski definition) is 3. The largest absolute Gasteiger partial charge is 0.388 e. The van der Waals surface area contributed by atoms with Crippen molar-refractivity contribution in [2.24, 2.45) is 0 Å². The summed E-state index contributed by atoms with van der Waals surface area (Å²) in [5, 5.41) is 18.2. The van der Waals surface area contributed by atoms with Crippen LogP contribution in [0.1, 0.15) is 6.92 Å². The fourth-order valence-corrected chi connectivity index (χ4v) is 0.0577. The van der Waals surface area contributed by atoms with Gasteiger partial charge in [-0.15, -0.1) is 0 Å². The Morgan fingerprint density at radius 2 is 2.38 bits per heavy atom. The molecule has 0 amide bonds. The van der Waals surface area contributed by atoms with Gasteiger partial charge in [0.25, 0.3) is 3.55 Å². The third-order valence-corrected chi connectivity index (χ3v) is 1.40. The zero-order valence-electron chi connectivity index (χ0n) is 4.30. The van der Waals surface area contributed by atoms with Gasteiger partial charge in [0.05, 0.1) is 0 Å². The molecule has 1 N–H and O–H groups in total. The van der Waals surface area contributed by atoms with Gasteiger partial charge in [0.2, 0.25) is 0 Å². The summed E-state index contributed by atoms with van der Waals surface area (Å²) < 4.78 is -1.21. The van der Waals surface area contributed by atoms with E-state index in [-0.39, 0.29) is 0 Å². The van der Waals surface area contributed by atoms with Crippen LogP contribution in [0.3, 0.4) is 0 Å². The molecule has 1 unspecified atom stereocenters. The summed E-state index contributed by atoms with van der Waals surface area (Å²) in [6.07, 6.45) is 0. The highest BCUT2D eigenvalue weighted by Gasteiger charge is 2.31. The van der Waals surface area contributed by atoms with Crippen LogP contribution in [-0.2, 0) is 0 Å². The number of hydrogen-bond donors (Lipinski definition) is 1. The lowest BCUT2D eigenvalue weighted by Gasteiger charge is -2.07. The molecule has 0 saturated heterocycles. The van der Waals surface area contributed by atoms with Crippen molar-refractivity contribution < 1.29 is 10.0 Å². The van der Waals surface area contributed by atoms with Gasteiger partial charge in [0.15, 0.2) is 0 Å². The number of nitrogens with zero attached hydrogens (tertiary/aromatic N) is 1. The minimum absolute atomic E-state index is 0.430. The van der Waals surface area contributed by atoms with Crippen LogP contribution in [0.4, 0.5) is 0 Å². The van der Waals surface area contributed by atoms with Crippen molar-refractivity contribution in [2.45, 2.75) is 10.5 Å². The number of aliphatic hydroxyl groups is 1. The molecule has 0 aromatic heterocycles. The Hall–Kier alpha value is 0.0900. The van der Waals surface area contributed by atoms with Crippen molar-refractivity contribution >= 4 is 22.6 Å². The van der Waals surface area contributed by atoms with Crippen LogP contribution in [0.5, 0.6) is 0 Å². The summed E-state index contributed by atoms with van der Waals surface area (Å²) in [4.78, 5) is 9.37. The molecule has 4 nitrogen and oxygen atoms in total. The smallest absolute Gasteiger partial charge is 0.289 e. The molecule has 0 aromatic rings. The van der Waals surface area contributed by atoms with E-state index in [0.29, 0.717) is 0 Å². The third-order valence-electron chi connectivity index (χ3n) is 0.669. The maximum absolute atomic E-state index is 9.89. The molecule has 0 saturated carbocycles. The van der Waals surface area contributed by atoms with Gasteiger partial charge < -0.3 is 5.11 Å². The Kier molecular flexibility index (Phi) is 2.61. The second-order valence-electron chi connectivity index (χ2n) is 1.56. The molecule has 1 atom stereocenters. The van der Waals surface area contributed by atoms with Gasteiger partial charge >= 0.3 is 0 Å². The van der Waals surface area contributed by atoms with Crippen LogP contribution >= 0.6 is 22.6 Å². The van der Waals surface area contributed by atoms with E-state index in [1.165, 1.54) is 6.92 Å². The van der Waals surface area contributed by atoms with Crippen LogP contribution in [0.2, 0.25) is 0 Å². The van der Waals surface area contributed by atoms with E-state index in [1.807, 2.05) is 0 Å². The minimum Gasteiger partial charge on any atom is -0.388 e. The maximum Gasteiger partial charge on any atom is 0.289 e. The van der Waals surface area contributed by atoms with E-state index in [9.17, 15) is 10.1 Å². The third kappa shape index (κ3) is 1.91. The summed E-state index contributed by atoms with van der Waals surface area (Å²) in [6, 6.07) is 0. The van der Waals surface area contributed by atoms with Gasteiger partial charge in [-0.1, -0.05) is 0 Å². The molecular weight excluding hydrogens is 225 g/mol. The molecule has 0 rings (SSSR count). The van der Waals surface area contributed by atoms with Crippen LogP contribution in [0.15, 0.2) is 0 Å². The highest BCUT2D eigenvalue weighted by Crippen LogP contribution is 2.16. The summed E-state index contributed by atoms with van der Waals surface area (Å²) >= 11 is 1.58. The maximum atomic E-state index is 9.89. The number of rotatable bonds is 2. The zero-order valence-corrected chi connectivity index (χ0v) is 6.45. The second-order valence-corrected chi connectivity index (χ2v) is 3.88. The molecule has 0 spiro atoms. The van der Waals surface area contributed by atoms with Crippen LogP contribution in [0, 0.1) is 10.1 Å². The van der Waals surface area contributed by atoms with Crippen LogP contribution in [0.25, 0.3) is 0 Å². The molecule has 0 aliphatic heterocycles. The minimum atomic E-state index is -1.21. The molecule has 0 heterocycles. The fourth-order valence-electron chi connectivity index (χ4n) is 0.0577. The Labute approximate surface area is 60.2 Å². The first-order valence-electron chi connectivity index (χ1n) is 1.95. The van der Waals surface area contributed by atoms with Crippen molar-refractivity contribution in [1.29, 1.82) is 0 Å². The molecule has 0 aliphatic carbocycles.